The third-order valence-electron chi connectivity index (χ3n) is 2.34. The molecule has 1 aromatic heterocycles. The average molecular weight is 225 g/mol. The molecule has 0 unspecified atom stereocenters. The Morgan fingerprint density at radius 3 is 2.88 bits per heavy atom. The van der Waals surface area contributed by atoms with Crippen molar-refractivity contribution in [3.8, 4) is 0 Å². The first-order valence-electron chi connectivity index (χ1n) is 5.43. The first-order chi connectivity index (χ1) is 7.53. The fourth-order valence-electron chi connectivity index (χ4n) is 1.43. The maximum absolute atomic E-state index is 11.6. The quantitative estimate of drug-likeness (QED) is 0.743. The minimum absolute atomic E-state index is 0.0195. The van der Waals surface area contributed by atoms with Crippen molar-refractivity contribution in [3.63, 3.8) is 0 Å². The smallest absolute Gasteiger partial charge is 0.222 e. The third-order valence-corrected chi connectivity index (χ3v) is 2.34. The van der Waals surface area contributed by atoms with Crippen molar-refractivity contribution < 1.29 is 9.90 Å². The lowest BCUT2D eigenvalue weighted by Crippen LogP contribution is -2.44. The first-order valence-corrected chi connectivity index (χ1v) is 5.43. The second-order valence-corrected chi connectivity index (χ2v) is 4.42. The number of aliphatic hydroxyl groups excluding tert-OH is 1. The van der Waals surface area contributed by atoms with Crippen LogP contribution in [0, 0.1) is 0 Å². The molecule has 2 N–H and O–H groups in total. The number of amides is 1. The molecule has 0 bridgehead atoms. The standard InChI is InChI=1S/C11H19N3O2/c1-11(2,5-9-15)13-10(16)4-8-14-7-3-6-12-14/h3,6-7,15H,4-5,8-9H2,1-2H3,(H,13,16). The van der Waals surface area contributed by atoms with Gasteiger partial charge in [0.05, 0.1) is 0 Å². The first kappa shape index (κ1) is 12.7. The van der Waals surface area contributed by atoms with Crippen LogP contribution in [0.2, 0.25) is 0 Å². The summed E-state index contributed by atoms with van der Waals surface area (Å²) in [6.07, 6.45) is 4.47. The van der Waals surface area contributed by atoms with E-state index in [1.165, 1.54) is 0 Å². The van der Waals surface area contributed by atoms with E-state index >= 15 is 0 Å². The Labute approximate surface area is 95.5 Å². The number of carbonyl (C=O) groups is 1. The van der Waals surface area contributed by atoms with E-state index in [9.17, 15) is 4.79 Å². The molecule has 5 nitrogen and oxygen atoms in total. The molecule has 0 saturated carbocycles. The number of hydrogen-bond donors (Lipinski definition) is 2. The summed E-state index contributed by atoms with van der Waals surface area (Å²) in [5.41, 5.74) is -0.351. The van der Waals surface area contributed by atoms with Crippen molar-refractivity contribution in [1.82, 2.24) is 15.1 Å². The molecule has 1 amide bonds. The molecule has 0 aromatic carbocycles. The number of aliphatic hydroxyl groups is 1. The summed E-state index contributed by atoms with van der Waals surface area (Å²) >= 11 is 0. The maximum Gasteiger partial charge on any atom is 0.222 e. The summed E-state index contributed by atoms with van der Waals surface area (Å²) in [4.78, 5) is 11.6. The molecular weight excluding hydrogens is 206 g/mol. The van der Waals surface area contributed by atoms with Crippen LogP contribution in [0.15, 0.2) is 18.5 Å². The minimum atomic E-state index is -0.351. The highest BCUT2D eigenvalue weighted by Gasteiger charge is 2.19. The zero-order valence-corrected chi connectivity index (χ0v) is 9.81. The zero-order valence-electron chi connectivity index (χ0n) is 9.81. The Hall–Kier alpha value is -1.36. The Bertz CT molecular complexity index is 320. The number of carbonyl (C=O) groups excluding carboxylic acids is 1. The van der Waals surface area contributed by atoms with Crippen LogP contribution in [0.5, 0.6) is 0 Å². The van der Waals surface area contributed by atoms with Gasteiger partial charge in [0, 0.05) is 37.5 Å². The van der Waals surface area contributed by atoms with E-state index in [0.717, 1.165) is 0 Å². The van der Waals surface area contributed by atoms with Gasteiger partial charge < -0.3 is 10.4 Å². The van der Waals surface area contributed by atoms with Gasteiger partial charge in [-0.05, 0) is 26.3 Å². The van der Waals surface area contributed by atoms with E-state index in [1.807, 2.05) is 26.1 Å². The highest BCUT2D eigenvalue weighted by molar-refractivity contribution is 5.76. The largest absolute Gasteiger partial charge is 0.396 e. The molecule has 1 heterocycles. The van der Waals surface area contributed by atoms with Gasteiger partial charge in [-0.1, -0.05) is 0 Å². The second-order valence-electron chi connectivity index (χ2n) is 4.42. The van der Waals surface area contributed by atoms with E-state index in [2.05, 4.69) is 10.4 Å². The van der Waals surface area contributed by atoms with E-state index in [4.69, 9.17) is 5.11 Å². The maximum atomic E-state index is 11.6. The number of aryl methyl sites for hydroxylation is 1. The van der Waals surface area contributed by atoms with Gasteiger partial charge in [-0.25, -0.2) is 0 Å². The molecule has 90 valence electrons. The van der Waals surface area contributed by atoms with Crippen LogP contribution in [0.4, 0.5) is 0 Å². The van der Waals surface area contributed by atoms with Gasteiger partial charge in [0.2, 0.25) is 5.91 Å². The lowest BCUT2D eigenvalue weighted by molar-refractivity contribution is -0.123. The predicted octanol–water partition coefficient (Wildman–Crippen LogP) is 0.550. The summed E-state index contributed by atoms with van der Waals surface area (Å²) in [7, 11) is 0. The minimum Gasteiger partial charge on any atom is -0.396 e. The summed E-state index contributed by atoms with van der Waals surface area (Å²) in [6.45, 7) is 4.45. The SMILES string of the molecule is CC(C)(CCO)NC(=O)CCn1cccn1. The zero-order chi connectivity index (χ0) is 12.0. The van der Waals surface area contributed by atoms with Crippen LogP contribution in [-0.2, 0) is 11.3 Å². The average Bonchev–Trinajstić information content (AvgIpc) is 2.66. The van der Waals surface area contributed by atoms with Crippen LogP contribution in [0.25, 0.3) is 0 Å². The van der Waals surface area contributed by atoms with Crippen molar-refractivity contribution in [1.29, 1.82) is 0 Å². The van der Waals surface area contributed by atoms with Crippen LogP contribution in [0.1, 0.15) is 26.7 Å². The van der Waals surface area contributed by atoms with Gasteiger partial charge in [0.1, 0.15) is 0 Å². The third kappa shape index (κ3) is 4.44. The van der Waals surface area contributed by atoms with Crippen LogP contribution < -0.4 is 5.32 Å². The number of nitrogens with zero attached hydrogens (tertiary/aromatic N) is 2. The van der Waals surface area contributed by atoms with Crippen LogP contribution >= 0.6 is 0 Å². The molecule has 5 heteroatoms. The Kier molecular flexibility index (Phi) is 4.49. The Morgan fingerprint density at radius 1 is 1.56 bits per heavy atom. The van der Waals surface area contributed by atoms with Gasteiger partial charge in [0.15, 0.2) is 0 Å². The normalized spacial score (nSPS) is 11.4. The number of rotatable bonds is 6. The van der Waals surface area contributed by atoms with Crippen molar-refractivity contribution in [2.24, 2.45) is 0 Å². The summed E-state index contributed by atoms with van der Waals surface area (Å²) in [5, 5.41) is 15.7. The van der Waals surface area contributed by atoms with Crippen molar-refractivity contribution in [3.05, 3.63) is 18.5 Å². The van der Waals surface area contributed by atoms with Crippen LogP contribution in [-0.4, -0.2) is 32.9 Å². The molecule has 0 atom stereocenters. The van der Waals surface area contributed by atoms with E-state index < -0.39 is 0 Å². The molecule has 0 aliphatic carbocycles. The highest BCUT2D eigenvalue weighted by atomic mass is 16.3. The van der Waals surface area contributed by atoms with E-state index in [1.54, 1.807) is 10.9 Å². The summed E-state index contributed by atoms with van der Waals surface area (Å²) in [5.74, 6) is -0.0195. The molecule has 0 aliphatic heterocycles. The van der Waals surface area contributed by atoms with Crippen molar-refractivity contribution in [2.45, 2.75) is 38.8 Å². The molecule has 0 spiro atoms. The fraction of sp³-hybridized carbons (Fsp3) is 0.636. The van der Waals surface area contributed by atoms with Gasteiger partial charge in [-0.15, -0.1) is 0 Å². The van der Waals surface area contributed by atoms with Gasteiger partial charge >= 0.3 is 0 Å². The lowest BCUT2D eigenvalue weighted by Gasteiger charge is -2.25. The molecule has 0 radical (unpaired) electrons. The number of aromatic nitrogens is 2. The number of hydrogen-bond acceptors (Lipinski definition) is 3. The van der Waals surface area contributed by atoms with Gasteiger partial charge in [-0.2, -0.15) is 5.10 Å². The molecule has 0 saturated heterocycles. The van der Waals surface area contributed by atoms with Crippen molar-refractivity contribution in [2.75, 3.05) is 6.61 Å². The Balaban J connectivity index is 2.30. The highest BCUT2D eigenvalue weighted by Crippen LogP contribution is 2.07. The molecule has 16 heavy (non-hydrogen) atoms. The lowest BCUT2D eigenvalue weighted by atomic mass is 10.0. The van der Waals surface area contributed by atoms with E-state index in [0.29, 0.717) is 19.4 Å². The van der Waals surface area contributed by atoms with Gasteiger partial charge in [0.25, 0.3) is 0 Å². The van der Waals surface area contributed by atoms with Crippen molar-refractivity contribution >= 4 is 5.91 Å². The molecule has 0 fully saturated rings. The summed E-state index contributed by atoms with van der Waals surface area (Å²) < 4.78 is 1.72. The topological polar surface area (TPSA) is 67.2 Å². The molecule has 0 aliphatic rings. The monoisotopic (exact) mass is 225 g/mol. The summed E-state index contributed by atoms with van der Waals surface area (Å²) in [6, 6.07) is 1.83. The Morgan fingerprint density at radius 2 is 2.31 bits per heavy atom. The van der Waals surface area contributed by atoms with Crippen LogP contribution in [0.3, 0.4) is 0 Å². The molecule has 1 rings (SSSR count). The van der Waals surface area contributed by atoms with E-state index in [-0.39, 0.29) is 18.1 Å². The molecular formula is C11H19N3O2. The second kappa shape index (κ2) is 5.65. The fourth-order valence-corrected chi connectivity index (χ4v) is 1.43. The van der Waals surface area contributed by atoms with Gasteiger partial charge in [-0.3, -0.25) is 9.48 Å². The predicted molar refractivity (Wildman–Crippen MR) is 60.8 cm³/mol. The molecule has 1 aromatic rings. The number of nitrogens with one attached hydrogen (secondary N) is 1.